The molecule has 0 amide bonds. The molecule has 0 aliphatic carbocycles. The summed E-state index contributed by atoms with van der Waals surface area (Å²) in [5.41, 5.74) is 1.89. The fourth-order valence-corrected chi connectivity index (χ4v) is 3.48. The first kappa shape index (κ1) is 17.3. The fraction of sp³-hybridized carbons (Fsp3) is 0.158. The Morgan fingerprint density at radius 3 is 2.70 bits per heavy atom. The van der Waals surface area contributed by atoms with Crippen LogP contribution < -0.4 is 10.9 Å². The highest BCUT2D eigenvalue weighted by Gasteiger charge is 2.16. The van der Waals surface area contributed by atoms with Crippen molar-refractivity contribution in [2.24, 2.45) is 0 Å². The van der Waals surface area contributed by atoms with E-state index in [0.29, 0.717) is 29.4 Å². The molecule has 0 aliphatic rings. The van der Waals surface area contributed by atoms with E-state index < -0.39 is 0 Å². The van der Waals surface area contributed by atoms with Crippen molar-refractivity contribution in [2.45, 2.75) is 13.5 Å². The van der Waals surface area contributed by atoms with E-state index in [1.54, 1.807) is 22.9 Å². The summed E-state index contributed by atoms with van der Waals surface area (Å²) in [7, 11) is 0. The smallest absolute Gasteiger partial charge is 0.279 e. The zero-order valence-electron chi connectivity index (χ0n) is 14.5. The lowest BCUT2D eigenvalue weighted by molar-refractivity contribution is 0.626. The summed E-state index contributed by atoms with van der Waals surface area (Å²) in [6, 6.07) is 9.80. The maximum absolute atomic E-state index is 13.2. The Morgan fingerprint density at radius 1 is 1.19 bits per heavy atom. The minimum absolute atomic E-state index is 0.240. The van der Waals surface area contributed by atoms with Crippen molar-refractivity contribution in [3.05, 3.63) is 69.7 Å². The summed E-state index contributed by atoms with van der Waals surface area (Å²) in [5.74, 6) is 0.115. The van der Waals surface area contributed by atoms with Gasteiger partial charge in [-0.15, -0.1) is 11.3 Å². The quantitative estimate of drug-likeness (QED) is 0.572. The zero-order chi connectivity index (χ0) is 18.8. The van der Waals surface area contributed by atoms with Gasteiger partial charge in [0.1, 0.15) is 17.0 Å². The highest BCUT2D eigenvalue weighted by molar-refractivity contribution is 7.13. The number of nitrogens with zero attached hydrogens (tertiary/aromatic N) is 4. The second kappa shape index (κ2) is 7.24. The summed E-state index contributed by atoms with van der Waals surface area (Å²) in [5, 5.41) is 4.95. The predicted octanol–water partition coefficient (Wildman–Crippen LogP) is 3.53. The van der Waals surface area contributed by atoms with Gasteiger partial charge in [0.2, 0.25) is 5.95 Å². The van der Waals surface area contributed by atoms with Crippen LogP contribution in [0.5, 0.6) is 0 Å². The molecule has 1 N–H and O–H groups in total. The van der Waals surface area contributed by atoms with Crippen molar-refractivity contribution in [1.29, 1.82) is 0 Å². The summed E-state index contributed by atoms with van der Waals surface area (Å²) in [6.07, 6.45) is 1.61. The Kier molecular flexibility index (Phi) is 4.64. The summed E-state index contributed by atoms with van der Waals surface area (Å²) in [4.78, 5) is 27.2. The maximum atomic E-state index is 13.2. The molecule has 0 atom stereocenters. The Labute approximate surface area is 158 Å². The third-order valence-electron chi connectivity index (χ3n) is 4.03. The first-order chi connectivity index (χ1) is 13.2. The molecule has 4 aromatic rings. The van der Waals surface area contributed by atoms with E-state index >= 15 is 0 Å². The van der Waals surface area contributed by atoms with E-state index in [1.807, 2.05) is 24.4 Å². The lowest BCUT2D eigenvalue weighted by Crippen LogP contribution is -2.25. The minimum atomic E-state index is -0.318. The summed E-state index contributed by atoms with van der Waals surface area (Å²) >= 11 is 1.45. The van der Waals surface area contributed by atoms with E-state index in [-0.39, 0.29) is 17.9 Å². The van der Waals surface area contributed by atoms with Crippen LogP contribution in [0.2, 0.25) is 0 Å². The minimum Gasteiger partial charge on any atom is -0.354 e. The van der Waals surface area contributed by atoms with Crippen LogP contribution in [0.3, 0.4) is 0 Å². The van der Waals surface area contributed by atoms with E-state index in [4.69, 9.17) is 0 Å². The number of nitrogens with one attached hydrogen (secondary N) is 1. The molecule has 3 aromatic heterocycles. The molecule has 0 fully saturated rings. The van der Waals surface area contributed by atoms with Gasteiger partial charge >= 0.3 is 0 Å². The molecular weight excluding hydrogens is 365 g/mol. The fourth-order valence-electron chi connectivity index (χ4n) is 2.77. The SMILES string of the molecule is CCNc1ncc2nc(-c3cccs3)c(=O)n(Cc3ccc(F)cc3)c2n1. The Hall–Kier alpha value is -3.13. The predicted molar refractivity (Wildman–Crippen MR) is 105 cm³/mol. The van der Waals surface area contributed by atoms with Gasteiger partial charge in [-0.25, -0.2) is 14.4 Å². The molecule has 0 spiro atoms. The van der Waals surface area contributed by atoms with E-state index in [1.165, 1.54) is 23.5 Å². The molecule has 3 heterocycles. The van der Waals surface area contributed by atoms with Crippen molar-refractivity contribution < 1.29 is 4.39 Å². The van der Waals surface area contributed by atoms with E-state index in [9.17, 15) is 9.18 Å². The average molecular weight is 381 g/mol. The standard InChI is InChI=1S/C19H16FN5OS/c1-2-21-19-22-10-14-17(24-19)25(11-12-5-7-13(20)8-6-12)18(26)16(23-14)15-4-3-9-27-15/h3-10H,2,11H2,1H3,(H,21,22,24). The monoisotopic (exact) mass is 381 g/mol. The van der Waals surface area contributed by atoms with Crippen molar-refractivity contribution in [3.63, 3.8) is 0 Å². The first-order valence-corrected chi connectivity index (χ1v) is 9.33. The van der Waals surface area contributed by atoms with Crippen LogP contribution >= 0.6 is 11.3 Å². The van der Waals surface area contributed by atoms with Crippen LogP contribution in [-0.4, -0.2) is 26.1 Å². The Bertz CT molecular complexity index is 1140. The number of halogens is 1. The van der Waals surface area contributed by atoms with Crippen LogP contribution in [0.15, 0.2) is 52.8 Å². The molecule has 0 aliphatic heterocycles. The van der Waals surface area contributed by atoms with Crippen LogP contribution in [0.25, 0.3) is 21.7 Å². The lowest BCUT2D eigenvalue weighted by atomic mass is 10.2. The van der Waals surface area contributed by atoms with Gasteiger partial charge in [-0.05, 0) is 36.1 Å². The maximum Gasteiger partial charge on any atom is 0.279 e. The van der Waals surface area contributed by atoms with Crippen LogP contribution in [-0.2, 0) is 6.54 Å². The first-order valence-electron chi connectivity index (χ1n) is 8.45. The van der Waals surface area contributed by atoms with Crippen LogP contribution in [0.1, 0.15) is 12.5 Å². The number of hydrogen-bond donors (Lipinski definition) is 1. The van der Waals surface area contributed by atoms with Crippen molar-refractivity contribution in [3.8, 4) is 10.6 Å². The Morgan fingerprint density at radius 2 is 2.00 bits per heavy atom. The number of thiophene rings is 1. The van der Waals surface area contributed by atoms with Gasteiger partial charge in [-0.1, -0.05) is 18.2 Å². The molecule has 4 rings (SSSR count). The van der Waals surface area contributed by atoms with Gasteiger partial charge in [0.05, 0.1) is 17.6 Å². The molecule has 0 saturated heterocycles. The van der Waals surface area contributed by atoms with Gasteiger partial charge in [0.25, 0.3) is 5.56 Å². The largest absolute Gasteiger partial charge is 0.354 e. The number of aromatic nitrogens is 4. The van der Waals surface area contributed by atoms with E-state index in [2.05, 4.69) is 20.3 Å². The van der Waals surface area contributed by atoms with Crippen molar-refractivity contribution in [1.82, 2.24) is 19.5 Å². The highest BCUT2D eigenvalue weighted by atomic mass is 32.1. The summed E-state index contributed by atoms with van der Waals surface area (Å²) in [6.45, 7) is 2.87. The van der Waals surface area contributed by atoms with Crippen molar-refractivity contribution in [2.75, 3.05) is 11.9 Å². The number of hydrogen-bond acceptors (Lipinski definition) is 6. The van der Waals surface area contributed by atoms with Gasteiger partial charge in [-0.2, -0.15) is 4.98 Å². The van der Waals surface area contributed by atoms with Gasteiger partial charge < -0.3 is 5.32 Å². The normalized spacial score (nSPS) is 11.0. The summed E-state index contributed by atoms with van der Waals surface area (Å²) < 4.78 is 14.8. The molecule has 0 saturated carbocycles. The topological polar surface area (TPSA) is 72.7 Å². The third-order valence-corrected chi connectivity index (χ3v) is 4.91. The number of benzene rings is 1. The molecule has 0 unspecified atom stereocenters. The Balaban J connectivity index is 1.93. The van der Waals surface area contributed by atoms with Gasteiger partial charge in [0.15, 0.2) is 5.65 Å². The molecule has 6 nitrogen and oxygen atoms in total. The van der Waals surface area contributed by atoms with E-state index in [0.717, 1.165) is 10.4 Å². The third kappa shape index (κ3) is 3.43. The number of rotatable bonds is 5. The van der Waals surface area contributed by atoms with Gasteiger partial charge in [-0.3, -0.25) is 9.36 Å². The average Bonchev–Trinajstić information content (AvgIpc) is 3.20. The second-order valence-corrected chi connectivity index (χ2v) is 6.84. The van der Waals surface area contributed by atoms with Gasteiger partial charge in [0, 0.05) is 6.54 Å². The molecule has 1 aromatic carbocycles. The zero-order valence-corrected chi connectivity index (χ0v) is 15.3. The molecule has 0 radical (unpaired) electrons. The lowest BCUT2D eigenvalue weighted by Gasteiger charge is -2.12. The molecule has 0 bridgehead atoms. The molecule has 8 heteroatoms. The molecular formula is C19H16FN5OS. The highest BCUT2D eigenvalue weighted by Crippen LogP contribution is 2.22. The van der Waals surface area contributed by atoms with Crippen molar-refractivity contribution >= 4 is 28.4 Å². The van der Waals surface area contributed by atoms with Crippen LogP contribution in [0.4, 0.5) is 10.3 Å². The van der Waals surface area contributed by atoms with Crippen LogP contribution in [0, 0.1) is 5.82 Å². The molecule has 136 valence electrons. The second-order valence-electron chi connectivity index (χ2n) is 5.89. The number of fused-ring (bicyclic) bond motifs is 1. The number of anilines is 1. The molecule has 27 heavy (non-hydrogen) atoms.